The van der Waals surface area contributed by atoms with Gasteiger partial charge in [0.2, 0.25) is 5.95 Å². The maximum atomic E-state index is 12.5. The SMILES string of the molecule is C[C@H](Nc1nccc(-c2cnn(C)c2)n1)c1cc2cccc(Cl)c2[nH]c1=O. The summed E-state index contributed by atoms with van der Waals surface area (Å²) in [7, 11) is 1.85. The number of benzene rings is 1. The molecule has 0 radical (unpaired) electrons. The number of para-hydroxylation sites is 1. The molecule has 0 fully saturated rings. The second-order valence-corrected chi connectivity index (χ2v) is 6.70. The van der Waals surface area contributed by atoms with Crippen LogP contribution in [0.2, 0.25) is 5.02 Å². The van der Waals surface area contributed by atoms with Gasteiger partial charge in [0.05, 0.1) is 28.5 Å². The minimum absolute atomic E-state index is 0.195. The second-order valence-electron chi connectivity index (χ2n) is 6.29. The summed E-state index contributed by atoms with van der Waals surface area (Å²) in [5, 5.41) is 8.74. The average Bonchev–Trinajstić information content (AvgIpc) is 3.09. The summed E-state index contributed by atoms with van der Waals surface area (Å²) in [5.74, 6) is 0.439. The van der Waals surface area contributed by atoms with Crippen LogP contribution in [0, 0.1) is 0 Å². The van der Waals surface area contributed by atoms with Crippen molar-refractivity contribution in [3.8, 4) is 11.3 Å². The molecule has 4 rings (SSSR count). The van der Waals surface area contributed by atoms with E-state index in [9.17, 15) is 4.79 Å². The zero-order valence-corrected chi connectivity index (χ0v) is 15.5. The van der Waals surface area contributed by atoms with E-state index >= 15 is 0 Å². The molecule has 1 aromatic carbocycles. The molecule has 0 amide bonds. The quantitative estimate of drug-likeness (QED) is 0.565. The van der Waals surface area contributed by atoms with E-state index in [4.69, 9.17) is 11.6 Å². The van der Waals surface area contributed by atoms with Crippen LogP contribution in [-0.4, -0.2) is 24.7 Å². The number of halogens is 1. The van der Waals surface area contributed by atoms with Crippen LogP contribution in [0.3, 0.4) is 0 Å². The summed E-state index contributed by atoms with van der Waals surface area (Å²) in [6.45, 7) is 1.89. The number of aromatic nitrogens is 5. The minimum atomic E-state index is -0.290. The monoisotopic (exact) mass is 380 g/mol. The van der Waals surface area contributed by atoms with E-state index in [1.807, 2.05) is 44.4 Å². The summed E-state index contributed by atoms with van der Waals surface area (Å²) < 4.78 is 1.72. The van der Waals surface area contributed by atoms with Crippen molar-refractivity contribution in [1.82, 2.24) is 24.7 Å². The Balaban J connectivity index is 1.65. The molecular formula is C19H17ClN6O. The Labute approximate surface area is 160 Å². The molecule has 0 bridgehead atoms. The van der Waals surface area contributed by atoms with Crippen molar-refractivity contribution in [2.75, 3.05) is 5.32 Å². The van der Waals surface area contributed by atoms with Crippen molar-refractivity contribution < 1.29 is 0 Å². The summed E-state index contributed by atoms with van der Waals surface area (Å²) in [6.07, 6.45) is 5.30. The van der Waals surface area contributed by atoms with Gasteiger partial charge in [-0.15, -0.1) is 0 Å². The molecule has 27 heavy (non-hydrogen) atoms. The summed E-state index contributed by atoms with van der Waals surface area (Å²) in [4.78, 5) is 24.1. The number of aryl methyl sites for hydroxylation is 1. The highest BCUT2D eigenvalue weighted by Gasteiger charge is 2.14. The lowest BCUT2D eigenvalue weighted by molar-refractivity contribution is 0.768. The third-order valence-electron chi connectivity index (χ3n) is 4.33. The van der Waals surface area contributed by atoms with Crippen molar-refractivity contribution in [3.63, 3.8) is 0 Å². The Morgan fingerprint density at radius 2 is 2.15 bits per heavy atom. The van der Waals surface area contributed by atoms with E-state index in [-0.39, 0.29) is 11.6 Å². The minimum Gasteiger partial charge on any atom is -0.347 e. The maximum absolute atomic E-state index is 12.5. The molecule has 0 aliphatic heterocycles. The fourth-order valence-electron chi connectivity index (χ4n) is 2.95. The molecule has 136 valence electrons. The van der Waals surface area contributed by atoms with E-state index < -0.39 is 0 Å². The van der Waals surface area contributed by atoms with Gasteiger partial charge >= 0.3 is 0 Å². The molecule has 0 saturated heterocycles. The lowest BCUT2D eigenvalue weighted by Crippen LogP contribution is -2.20. The van der Waals surface area contributed by atoms with Gasteiger partial charge in [0, 0.05) is 36.0 Å². The smallest absolute Gasteiger partial charge is 0.253 e. The Bertz CT molecular complexity index is 1180. The van der Waals surface area contributed by atoms with Gasteiger partial charge in [-0.25, -0.2) is 9.97 Å². The van der Waals surface area contributed by atoms with Gasteiger partial charge in [0.1, 0.15) is 0 Å². The van der Waals surface area contributed by atoms with Crippen molar-refractivity contribution in [2.45, 2.75) is 13.0 Å². The third kappa shape index (κ3) is 3.41. The van der Waals surface area contributed by atoms with Crippen LogP contribution in [0.5, 0.6) is 0 Å². The molecule has 0 aliphatic carbocycles. The van der Waals surface area contributed by atoms with E-state index in [1.54, 1.807) is 23.1 Å². The number of rotatable bonds is 4. The Morgan fingerprint density at radius 1 is 1.30 bits per heavy atom. The third-order valence-corrected chi connectivity index (χ3v) is 4.64. The van der Waals surface area contributed by atoms with Crippen molar-refractivity contribution in [1.29, 1.82) is 0 Å². The van der Waals surface area contributed by atoms with Gasteiger partial charge in [-0.2, -0.15) is 5.10 Å². The largest absolute Gasteiger partial charge is 0.347 e. The topological polar surface area (TPSA) is 88.5 Å². The first-order valence-corrected chi connectivity index (χ1v) is 8.79. The van der Waals surface area contributed by atoms with Crippen LogP contribution in [0.15, 0.2) is 53.7 Å². The lowest BCUT2D eigenvalue weighted by atomic mass is 10.1. The molecule has 0 aliphatic rings. The number of hydrogen-bond donors (Lipinski definition) is 2. The molecule has 8 heteroatoms. The van der Waals surface area contributed by atoms with E-state index in [2.05, 4.69) is 25.4 Å². The molecule has 0 saturated carbocycles. The highest BCUT2D eigenvalue weighted by atomic mass is 35.5. The van der Waals surface area contributed by atoms with Crippen LogP contribution in [0.1, 0.15) is 18.5 Å². The predicted octanol–water partition coefficient (Wildman–Crippen LogP) is 3.55. The van der Waals surface area contributed by atoms with Gasteiger partial charge < -0.3 is 10.3 Å². The zero-order chi connectivity index (χ0) is 19.0. The zero-order valence-electron chi connectivity index (χ0n) is 14.8. The Kier molecular flexibility index (Phi) is 4.37. The van der Waals surface area contributed by atoms with Crippen molar-refractivity contribution in [3.05, 3.63) is 69.9 Å². The van der Waals surface area contributed by atoms with Gasteiger partial charge in [-0.3, -0.25) is 9.48 Å². The Morgan fingerprint density at radius 3 is 2.93 bits per heavy atom. The van der Waals surface area contributed by atoms with Gasteiger partial charge in [-0.1, -0.05) is 23.7 Å². The molecule has 3 aromatic heterocycles. The number of anilines is 1. The molecule has 0 unspecified atom stereocenters. The molecular weight excluding hydrogens is 364 g/mol. The number of fused-ring (bicyclic) bond motifs is 1. The van der Waals surface area contributed by atoms with Gasteiger partial charge in [0.15, 0.2) is 0 Å². The van der Waals surface area contributed by atoms with Crippen LogP contribution in [-0.2, 0) is 7.05 Å². The van der Waals surface area contributed by atoms with Crippen molar-refractivity contribution >= 4 is 28.5 Å². The molecule has 3 heterocycles. The molecule has 0 spiro atoms. The van der Waals surface area contributed by atoms with Crippen LogP contribution in [0.4, 0.5) is 5.95 Å². The molecule has 4 aromatic rings. The molecule has 1 atom stereocenters. The first-order chi connectivity index (χ1) is 13.0. The number of hydrogen-bond acceptors (Lipinski definition) is 5. The Hall–Kier alpha value is -3.19. The fraction of sp³-hybridized carbons (Fsp3) is 0.158. The molecule has 7 nitrogen and oxygen atoms in total. The summed E-state index contributed by atoms with van der Waals surface area (Å²) in [6, 6.07) is 8.87. The van der Waals surface area contributed by atoms with E-state index in [0.29, 0.717) is 22.1 Å². The van der Waals surface area contributed by atoms with Crippen LogP contribution < -0.4 is 10.9 Å². The van der Waals surface area contributed by atoms with Crippen molar-refractivity contribution in [2.24, 2.45) is 7.05 Å². The fourth-order valence-corrected chi connectivity index (χ4v) is 3.18. The number of nitrogens with zero attached hydrogens (tertiary/aromatic N) is 4. The number of aromatic amines is 1. The van der Waals surface area contributed by atoms with Gasteiger partial charge in [-0.05, 0) is 25.1 Å². The second kappa shape index (κ2) is 6.85. The predicted molar refractivity (Wildman–Crippen MR) is 106 cm³/mol. The first-order valence-electron chi connectivity index (χ1n) is 8.41. The summed E-state index contributed by atoms with van der Waals surface area (Å²) >= 11 is 6.16. The van der Waals surface area contributed by atoms with E-state index in [0.717, 1.165) is 16.6 Å². The number of H-pyrrole nitrogens is 1. The number of pyridine rings is 1. The highest BCUT2D eigenvalue weighted by molar-refractivity contribution is 6.35. The van der Waals surface area contributed by atoms with Crippen LogP contribution in [0.25, 0.3) is 22.2 Å². The first kappa shape index (κ1) is 17.2. The average molecular weight is 381 g/mol. The number of nitrogens with one attached hydrogen (secondary N) is 2. The highest BCUT2D eigenvalue weighted by Crippen LogP contribution is 2.23. The van der Waals surface area contributed by atoms with E-state index in [1.165, 1.54) is 0 Å². The summed E-state index contributed by atoms with van der Waals surface area (Å²) in [5.41, 5.74) is 2.68. The van der Waals surface area contributed by atoms with Crippen LogP contribution >= 0.6 is 11.6 Å². The standard InChI is InChI=1S/C19H17ClN6O/c1-11(14-8-12-4-3-5-15(20)17(12)25-18(14)27)23-19-21-7-6-16(24-19)13-9-22-26(2)10-13/h3-11H,1-2H3,(H,25,27)(H,21,23,24)/t11-/m0/s1. The lowest BCUT2D eigenvalue weighted by Gasteiger charge is -2.14. The van der Waals surface area contributed by atoms with Gasteiger partial charge in [0.25, 0.3) is 5.56 Å². The molecule has 2 N–H and O–H groups in total. The normalized spacial score (nSPS) is 12.3. The maximum Gasteiger partial charge on any atom is 0.253 e.